The molecule has 5 aromatic carbocycles. The minimum absolute atomic E-state index is 0.0181. The zero-order valence-corrected chi connectivity index (χ0v) is 72.6. The molecule has 0 bridgehead atoms. The Morgan fingerprint density at radius 1 is 0.543 bits per heavy atom. The lowest BCUT2D eigenvalue weighted by atomic mass is 9.79. The van der Waals surface area contributed by atoms with Crippen LogP contribution in [-0.4, -0.2) is 134 Å². The van der Waals surface area contributed by atoms with Crippen LogP contribution in [0.15, 0.2) is 172 Å². The zero-order chi connectivity index (χ0) is 82.6. The molecule has 0 atom stereocenters. The highest BCUT2D eigenvalue weighted by molar-refractivity contribution is 14.1. The van der Waals surface area contributed by atoms with Crippen molar-refractivity contribution in [3.63, 3.8) is 0 Å². The molecule has 0 unspecified atom stereocenters. The summed E-state index contributed by atoms with van der Waals surface area (Å²) >= 11 is 2.30. The Balaban J connectivity index is 0.000000129. The number of nitrogens with zero attached hydrogens (tertiary/aromatic N) is 10. The number of oxazole rings is 3. The van der Waals surface area contributed by atoms with Crippen LogP contribution in [0, 0.1) is 31.3 Å². The topological polar surface area (TPSA) is 256 Å². The van der Waals surface area contributed by atoms with Gasteiger partial charge in [-0.2, -0.15) is 0 Å². The molecule has 10 aromatic rings. The van der Waals surface area contributed by atoms with Crippen molar-refractivity contribution in [2.75, 3.05) is 39.3 Å². The Bertz CT molecular complexity index is 5330. The van der Waals surface area contributed by atoms with Crippen LogP contribution in [0.3, 0.4) is 0 Å². The van der Waals surface area contributed by atoms with Crippen LogP contribution in [0.4, 0.5) is 0 Å². The summed E-state index contributed by atoms with van der Waals surface area (Å²) in [5.74, 6) is 4.51. The van der Waals surface area contributed by atoms with Gasteiger partial charge in [0.05, 0.1) is 60.8 Å². The van der Waals surface area contributed by atoms with Crippen LogP contribution in [0.25, 0.3) is 50.9 Å². The number of carbonyl (C=O) groups excluding carboxylic acids is 5. The van der Waals surface area contributed by atoms with Gasteiger partial charge in [0, 0.05) is 99.2 Å². The van der Waals surface area contributed by atoms with Gasteiger partial charge in [-0.15, -0.1) is 0 Å². The first-order valence-corrected chi connectivity index (χ1v) is 42.8. The Hall–Kier alpha value is -10.5. The molecule has 0 saturated heterocycles. The first-order chi connectivity index (χ1) is 55.5. The van der Waals surface area contributed by atoms with Gasteiger partial charge in [0.2, 0.25) is 29.5 Å². The number of aromatic amines is 1. The van der Waals surface area contributed by atoms with Crippen molar-refractivity contribution < 1.29 is 37.2 Å². The molecule has 21 nitrogen and oxygen atoms in total. The zero-order valence-electron chi connectivity index (χ0n) is 69.6. The van der Waals surface area contributed by atoms with Gasteiger partial charge in [-0.25, -0.2) is 24.9 Å². The van der Waals surface area contributed by atoms with E-state index in [1.54, 1.807) is 51.9 Å². The number of hydrogen-bond donors (Lipinski definition) is 3. The predicted molar refractivity (Wildman–Crippen MR) is 467 cm³/mol. The first-order valence-electron chi connectivity index (χ1n) is 40.4. The summed E-state index contributed by atoms with van der Waals surface area (Å²) < 4.78 is 18.5. The second kappa shape index (κ2) is 35.6. The second-order valence-corrected chi connectivity index (χ2v) is 38.6. The minimum atomic E-state index is -0.431. The third kappa shape index (κ3) is 18.5. The van der Waals surface area contributed by atoms with Crippen LogP contribution in [0.5, 0.6) is 0 Å². The fourth-order valence-electron chi connectivity index (χ4n) is 16.5. The molecule has 3 N–H and O–H groups in total. The van der Waals surface area contributed by atoms with Crippen molar-refractivity contribution in [1.29, 1.82) is 0 Å². The number of rotatable bonds is 9. The van der Waals surface area contributed by atoms with E-state index in [1.165, 1.54) is 128 Å². The number of H-pyrrole nitrogens is 1. The molecule has 5 amide bonds. The Labute approximate surface area is 695 Å². The molecule has 0 radical (unpaired) electrons. The van der Waals surface area contributed by atoms with Gasteiger partial charge in [-0.1, -0.05) is 152 Å². The predicted octanol–water partition coefficient (Wildman–Crippen LogP) is 18.1. The van der Waals surface area contributed by atoms with Crippen molar-refractivity contribution in [3.05, 3.63) is 241 Å². The number of amides is 5. The maximum atomic E-state index is 12.8. The number of aliphatic imine (C=N–C) groups is 1. The normalized spacial score (nSPS) is 16.3. The molecule has 23 heteroatoms. The molecule has 5 aromatic heterocycles. The number of benzene rings is 5. The smallest absolute Gasteiger partial charge is 0.248 e. The number of aromatic nitrogens is 7. The number of nitrogens with one attached hydrogen (secondary N) is 3. The monoisotopic (exact) mass is 1690 g/mol. The van der Waals surface area contributed by atoms with E-state index in [2.05, 4.69) is 202 Å². The average Bonchev–Trinajstić information content (AvgIpc) is 0.770. The maximum absolute atomic E-state index is 12.8. The molecule has 2 saturated carbocycles. The van der Waals surface area contributed by atoms with E-state index in [1.807, 2.05) is 76.5 Å². The molecule has 116 heavy (non-hydrogen) atoms. The summed E-state index contributed by atoms with van der Waals surface area (Å²) in [7, 11) is -0.431. The van der Waals surface area contributed by atoms with Gasteiger partial charge in [-0.05, 0) is 201 Å². The lowest BCUT2D eigenvalue weighted by Crippen LogP contribution is -2.38. The summed E-state index contributed by atoms with van der Waals surface area (Å²) in [6.45, 7) is 40.5. The summed E-state index contributed by atoms with van der Waals surface area (Å²) in [5, 5.41) is 7.26. The lowest BCUT2D eigenvalue weighted by molar-refractivity contribution is -0.128. The number of hydrogen-bond acceptors (Lipinski definition) is 14. The van der Waals surface area contributed by atoms with E-state index < -0.39 is 7.92 Å². The molecule has 8 aliphatic rings. The van der Waals surface area contributed by atoms with Crippen molar-refractivity contribution in [3.8, 4) is 33.8 Å². The van der Waals surface area contributed by atoms with E-state index >= 15 is 0 Å². The molecule has 11 heterocycles. The van der Waals surface area contributed by atoms with E-state index in [4.69, 9.17) is 8.83 Å². The van der Waals surface area contributed by atoms with E-state index in [0.29, 0.717) is 61.2 Å². The van der Waals surface area contributed by atoms with Crippen LogP contribution in [-0.2, 0) is 43.2 Å². The van der Waals surface area contributed by atoms with Gasteiger partial charge < -0.3 is 43.6 Å². The quantitative estimate of drug-likeness (QED) is 0.0898. The largest absolute Gasteiger partial charge is 0.452 e. The second-order valence-electron chi connectivity index (χ2n) is 33.6. The number of imidazole rings is 2. The maximum Gasteiger partial charge on any atom is 0.248 e. The molecule has 0 spiro atoms. The Morgan fingerprint density at radius 3 is 1.50 bits per heavy atom. The highest BCUT2D eigenvalue weighted by Crippen LogP contribution is 2.61. The van der Waals surface area contributed by atoms with E-state index in [9.17, 15) is 24.0 Å². The highest BCUT2D eigenvalue weighted by Gasteiger charge is 2.41. The van der Waals surface area contributed by atoms with Crippen molar-refractivity contribution in [2.24, 2.45) is 4.99 Å². The van der Waals surface area contributed by atoms with E-state index in [0.717, 1.165) is 80.8 Å². The van der Waals surface area contributed by atoms with Crippen LogP contribution >= 0.6 is 30.5 Å². The first kappa shape index (κ1) is 83.5. The standard InChI is InChI=1S/C33H53P.C22H19N5O2.C16H13N3O3.C13H11IN2O2.C6H8N2.C3H3NO/c1-19(2)26-17-27(20(3)4)30(28(18-26)21(5)6)29-24(9)22(7)23(8)25(10)31(29)34(32(11,12)13)33(14,15)16;28-22-10-24-21(26-11-18(25-12-26)14-4-5-14)8-19-16-2-1-3-17(20-9-23-13-29-20)15(16)6-7-27(19)22;20-15-6-13-11-2-1-3-12(14-7-17-9-22-14)10(11)4-5-19(13)16(21)8-18-15;14-10-3-1-2-9-8(10)4-5-16-11(9)6-12(17)15-7-13(16)18;1-2-5(1)6-3-7-4-8-6;1-2-5-3-4-1/h17-21H,1-16H3;1-3,8-9,11-14H,4-7,10H2;1-3,6-7,9H,4-5,8H2,(H,18,20);1-3,6H,4-5,7H2,(H,15,17);3-5H,1-2H2,(H,7,8);1-3H. The lowest BCUT2D eigenvalue weighted by Gasteiger charge is -2.45. The van der Waals surface area contributed by atoms with Gasteiger partial charge in [0.15, 0.2) is 30.7 Å². The van der Waals surface area contributed by atoms with E-state index in [-0.39, 0.29) is 59.5 Å². The number of carbonyl (C=O) groups is 5. The number of fused-ring (bicyclic) bond motifs is 9. The number of halogens is 1. The van der Waals surface area contributed by atoms with Gasteiger partial charge in [-0.3, -0.25) is 33.5 Å². The van der Waals surface area contributed by atoms with Crippen LogP contribution < -0.4 is 15.9 Å². The van der Waals surface area contributed by atoms with Crippen LogP contribution in [0.2, 0.25) is 0 Å². The molecule has 6 aliphatic heterocycles. The van der Waals surface area contributed by atoms with Gasteiger partial charge in [0.25, 0.3) is 0 Å². The fraction of sp³-hybridized carbons (Fsp3) is 0.387. The van der Waals surface area contributed by atoms with Gasteiger partial charge >= 0.3 is 0 Å². The van der Waals surface area contributed by atoms with Crippen LogP contribution in [0.1, 0.15) is 222 Å². The summed E-state index contributed by atoms with van der Waals surface area (Å²) in [6, 6.07) is 22.9. The molecular weight excluding hydrogens is 1580 g/mol. The van der Waals surface area contributed by atoms with Gasteiger partial charge in [0.1, 0.15) is 25.0 Å². The Morgan fingerprint density at radius 2 is 1.04 bits per heavy atom. The fourth-order valence-corrected chi connectivity index (χ4v) is 21.6. The molecular formula is C93H107IN13O8P. The summed E-state index contributed by atoms with van der Waals surface area (Å²) in [5.41, 5.74) is 26.6. The average molecular weight is 1690 g/mol. The third-order valence-corrected chi connectivity index (χ3v) is 27.3. The molecule has 18 rings (SSSR count). The third-order valence-electron chi connectivity index (χ3n) is 22.6. The summed E-state index contributed by atoms with van der Waals surface area (Å²) in [6.07, 6.45) is 30.7. The highest BCUT2D eigenvalue weighted by atomic mass is 127. The SMILES string of the molecule is Cc1c(C)c(C)c(P(C(C)(C)C)C(C)(C)C)c(-c2c(C(C)C)cc(C(C)C)cc2C(C)C)c1C.O=C1C=C2c3cccc(-c4cnco4)c3CCN2C(=O)CN1.O=C1C=C2c3cccc(I)c3CCN2C(=O)CN1.O=C1CN=C(n2cnc(C3CC3)c2)C=C2c3cccc(-c4cnco4)c3CCN12.c1cocn1.c1ncc(C2CC2)[nH]1. The van der Waals surface area contributed by atoms with Crippen molar-refractivity contribution in [1.82, 2.24) is 59.8 Å². The molecule has 2 fully saturated rings. The van der Waals surface area contributed by atoms with Crippen molar-refractivity contribution >= 4 is 88.3 Å². The Kier molecular flexibility index (Phi) is 25.6. The van der Waals surface area contributed by atoms with Crippen molar-refractivity contribution in [2.45, 2.75) is 196 Å². The molecule has 2 aliphatic carbocycles. The molecule has 604 valence electrons. The summed E-state index contributed by atoms with van der Waals surface area (Å²) in [4.78, 5) is 93.3. The number of allylic oxidation sites excluding steroid dienone is 1. The minimum Gasteiger partial charge on any atom is -0.452 e.